The fraction of sp³-hybridized carbons (Fsp3) is 0.562. The molecule has 0 bridgehead atoms. The third-order valence-corrected chi connectivity index (χ3v) is 3.10. The summed E-state index contributed by atoms with van der Waals surface area (Å²) in [5, 5.41) is 2.95. The number of methoxy groups -OCH3 is 1. The van der Waals surface area contributed by atoms with E-state index in [1.165, 1.54) is 0 Å². The molecule has 0 heterocycles. The molecule has 0 radical (unpaired) electrons. The summed E-state index contributed by atoms with van der Waals surface area (Å²) in [6.45, 7) is 8.42. The molecule has 0 spiro atoms. The Kier molecular flexibility index (Phi) is 6.52. The number of amides is 1. The van der Waals surface area contributed by atoms with E-state index in [-0.39, 0.29) is 18.1 Å². The minimum Gasteiger partial charge on any atom is -0.496 e. The lowest BCUT2D eigenvalue weighted by Crippen LogP contribution is -2.31. The number of carbonyl (C=O) groups excluding carboxylic acids is 1. The summed E-state index contributed by atoms with van der Waals surface area (Å²) in [5.41, 5.74) is 1.52. The van der Waals surface area contributed by atoms with Crippen LogP contribution in [-0.2, 0) is 11.3 Å². The molecule has 4 heteroatoms. The largest absolute Gasteiger partial charge is 0.496 e. The number of hydrogen-bond acceptors (Lipinski definition) is 3. The molecular formula is C16H25NO3. The number of rotatable bonds is 7. The monoisotopic (exact) mass is 279 g/mol. The second-order valence-electron chi connectivity index (χ2n) is 5.17. The van der Waals surface area contributed by atoms with Gasteiger partial charge in [-0.1, -0.05) is 6.92 Å². The van der Waals surface area contributed by atoms with E-state index in [0.717, 1.165) is 17.7 Å². The van der Waals surface area contributed by atoms with Gasteiger partial charge < -0.3 is 14.8 Å². The van der Waals surface area contributed by atoms with Crippen LogP contribution in [0.4, 0.5) is 0 Å². The number of nitrogens with one attached hydrogen (secondary N) is 1. The van der Waals surface area contributed by atoms with Crippen LogP contribution in [0, 0.1) is 0 Å². The van der Waals surface area contributed by atoms with Gasteiger partial charge in [0.15, 0.2) is 0 Å². The van der Waals surface area contributed by atoms with Gasteiger partial charge >= 0.3 is 0 Å². The summed E-state index contributed by atoms with van der Waals surface area (Å²) >= 11 is 0. The third kappa shape index (κ3) is 4.85. The van der Waals surface area contributed by atoms with Crippen molar-refractivity contribution in [2.45, 2.75) is 52.9 Å². The maximum Gasteiger partial charge on any atom is 0.251 e. The van der Waals surface area contributed by atoms with Gasteiger partial charge in [0.25, 0.3) is 5.91 Å². The fourth-order valence-electron chi connectivity index (χ4n) is 1.70. The van der Waals surface area contributed by atoms with E-state index < -0.39 is 0 Å². The van der Waals surface area contributed by atoms with Crippen LogP contribution in [0.25, 0.3) is 0 Å². The fourth-order valence-corrected chi connectivity index (χ4v) is 1.70. The SMILES string of the molecule is CC[C@H](C)NC(=O)c1ccc(OC)c(COC(C)C)c1. The molecule has 0 unspecified atom stereocenters. The molecule has 0 saturated carbocycles. The number of ether oxygens (including phenoxy) is 2. The van der Waals surface area contributed by atoms with E-state index >= 15 is 0 Å². The van der Waals surface area contributed by atoms with Crippen LogP contribution < -0.4 is 10.1 Å². The zero-order chi connectivity index (χ0) is 15.1. The Bertz CT molecular complexity index is 443. The van der Waals surface area contributed by atoms with Gasteiger partial charge in [0.05, 0.1) is 19.8 Å². The van der Waals surface area contributed by atoms with Crippen molar-refractivity contribution in [1.82, 2.24) is 5.32 Å². The van der Waals surface area contributed by atoms with E-state index in [4.69, 9.17) is 9.47 Å². The molecule has 0 fully saturated rings. The summed E-state index contributed by atoms with van der Waals surface area (Å²) in [5.74, 6) is 0.679. The molecule has 1 aromatic carbocycles. The molecule has 1 atom stereocenters. The van der Waals surface area contributed by atoms with Gasteiger partial charge in [-0.05, 0) is 45.4 Å². The van der Waals surface area contributed by atoms with Crippen LogP contribution in [0.15, 0.2) is 18.2 Å². The Morgan fingerprint density at radius 2 is 2.00 bits per heavy atom. The molecule has 1 N–H and O–H groups in total. The predicted molar refractivity (Wildman–Crippen MR) is 80.1 cm³/mol. The highest BCUT2D eigenvalue weighted by Crippen LogP contribution is 2.21. The van der Waals surface area contributed by atoms with E-state index in [0.29, 0.717) is 12.2 Å². The predicted octanol–water partition coefficient (Wildman–Crippen LogP) is 3.15. The molecule has 0 aromatic heterocycles. The van der Waals surface area contributed by atoms with Crippen LogP contribution in [-0.4, -0.2) is 25.2 Å². The number of hydrogen-bond donors (Lipinski definition) is 1. The molecule has 20 heavy (non-hydrogen) atoms. The first-order valence-corrected chi connectivity index (χ1v) is 7.07. The average Bonchev–Trinajstić information content (AvgIpc) is 2.44. The van der Waals surface area contributed by atoms with Crippen molar-refractivity contribution in [2.75, 3.05) is 7.11 Å². The quantitative estimate of drug-likeness (QED) is 0.834. The number of benzene rings is 1. The van der Waals surface area contributed by atoms with Crippen molar-refractivity contribution in [3.05, 3.63) is 29.3 Å². The van der Waals surface area contributed by atoms with Gasteiger partial charge in [-0.25, -0.2) is 0 Å². The van der Waals surface area contributed by atoms with Crippen LogP contribution >= 0.6 is 0 Å². The van der Waals surface area contributed by atoms with Crippen LogP contribution in [0.2, 0.25) is 0 Å². The van der Waals surface area contributed by atoms with Crippen LogP contribution in [0.5, 0.6) is 5.75 Å². The zero-order valence-corrected chi connectivity index (χ0v) is 13.0. The molecule has 112 valence electrons. The molecule has 1 aromatic rings. The lowest BCUT2D eigenvalue weighted by molar-refractivity contribution is 0.0644. The molecule has 0 saturated heterocycles. The summed E-state index contributed by atoms with van der Waals surface area (Å²) in [4.78, 5) is 12.1. The molecule has 0 aliphatic heterocycles. The van der Waals surface area contributed by atoms with E-state index in [2.05, 4.69) is 5.32 Å². The van der Waals surface area contributed by atoms with Gasteiger partial charge in [-0.3, -0.25) is 4.79 Å². The Labute approximate surface area is 121 Å². The number of carbonyl (C=O) groups is 1. The highest BCUT2D eigenvalue weighted by molar-refractivity contribution is 5.94. The maximum absolute atomic E-state index is 12.1. The lowest BCUT2D eigenvalue weighted by Gasteiger charge is -2.15. The Morgan fingerprint density at radius 1 is 1.30 bits per heavy atom. The topological polar surface area (TPSA) is 47.6 Å². The van der Waals surface area contributed by atoms with Crippen LogP contribution in [0.3, 0.4) is 0 Å². The molecular weight excluding hydrogens is 254 g/mol. The first-order chi connectivity index (χ1) is 9.47. The Hall–Kier alpha value is -1.55. The molecule has 0 aliphatic rings. The summed E-state index contributed by atoms with van der Waals surface area (Å²) in [7, 11) is 1.62. The second-order valence-corrected chi connectivity index (χ2v) is 5.17. The Balaban J connectivity index is 2.88. The second kappa shape index (κ2) is 7.90. The Morgan fingerprint density at radius 3 is 2.55 bits per heavy atom. The maximum atomic E-state index is 12.1. The van der Waals surface area contributed by atoms with E-state index in [1.807, 2.05) is 39.8 Å². The first-order valence-electron chi connectivity index (χ1n) is 7.07. The summed E-state index contributed by atoms with van der Waals surface area (Å²) in [6, 6.07) is 5.58. The highest BCUT2D eigenvalue weighted by Gasteiger charge is 2.12. The van der Waals surface area contributed by atoms with Gasteiger partial charge in [-0.2, -0.15) is 0 Å². The normalized spacial score (nSPS) is 12.3. The first kappa shape index (κ1) is 16.5. The molecule has 1 amide bonds. The smallest absolute Gasteiger partial charge is 0.251 e. The van der Waals surface area contributed by atoms with Crippen LogP contribution in [0.1, 0.15) is 50.0 Å². The minimum absolute atomic E-state index is 0.0622. The summed E-state index contributed by atoms with van der Waals surface area (Å²) in [6.07, 6.45) is 1.04. The van der Waals surface area contributed by atoms with Crippen molar-refractivity contribution in [3.8, 4) is 5.75 Å². The molecule has 4 nitrogen and oxygen atoms in total. The van der Waals surface area contributed by atoms with Crippen molar-refractivity contribution >= 4 is 5.91 Å². The third-order valence-electron chi connectivity index (χ3n) is 3.10. The molecule has 0 aliphatic carbocycles. The van der Waals surface area contributed by atoms with Gasteiger partial charge in [0, 0.05) is 17.2 Å². The van der Waals surface area contributed by atoms with E-state index in [9.17, 15) is 4.79 Å². The average molecular weight is 279 g/mol. The van der Waals surface area contributed by atoms with Crippen molar-refractivity contribution in [1.29, 1.82) is 0 Å². The van der Waals surface area contributed by atoms with Crippen molar-refractivity contribution < 1.29 is 14.3 Å². The van der Waals surface area contributed by atoms with Gasteiger partial charge in [0.2, 0.25) is 0 Å². The van der Waals surface area contributed by atoms with E-state index in [1.54, 1.807) is 13.2 Å². The highest BCUT2D eigenvalue weighted by atomic mass is 16.5. The lowest BCUT2D eigenvalue weighted by atomic mass is 10.1. The van der Waals surface area contributed by atoms with Crippen molar-refractivity contribution in [3.63, 3.8) is 0 Å². The van der Waals surface area contributed by atoms with Crippen molar-refractivity contribution in [2.24, 2.45) is 0 Å². The minimum atomic E-state index is -0.0622. The van der Waals surface area contributed by atoms with Gasteiger partial charge in [-0.15, -0.1) is 0 Å². The summed E-state index contributed by atoms with van der Waals surface area (Å²) < 4.78 is 10.9. The van der Waals surface area contributed by atoms with Gasteiger partial charge in [0.1, 0.15) is 5.75 Å². The zero-order valence-electron chi connectivity index (χ0n) is 13.0. The molecule has 1 rings (SSSR count). The standard InChI is InChI=1S/C16H25NO3/c1-6-12(4)17-16(18)13-7-8-15(19-5)14(9-13)10-20-11(2)3/h7-9,11-12H,6,10H2,1-5H3,(H,17,18)/t12-/m0/s1.